The smallest absolute Gasteiger partial charge is 0.0240 e. The van der Waals surface area contributed by atoms with Crippen molar-refractivity contribution in [1.82, 2.24) is 10.2 Å². The van der Waals surface area contributed by atoms with Crippen molar-refractivity contribution in [1.29, 1.82) is 0 Å². The van der Waals surface area contributed by atoms with E-state index in [0.717, 1.165) is 19.6 Å². The Morgan fingerprint density at radius 2 is 1.83 bits per heavy atom. The Morgan fingerprint density at radius 1 is 1.17 bits per heavy atom. The zero-order valence-corrected chi connectivity index (χ0v) is 11.8. The number of fused-ring (bicyclic) bond motifs is 1. The Kier molecular flexibility index (Phi) is 5.21. The van der Waals surface area contributed by atoms with E-state index in [9.17, 15) is 0 Å². The fourth-order valence-electron chi connectivity index (χ4n) is 2.86. The third-order valence-electron chi connectivity index (χ3n) is 3.92. The Morgan fingerprint density at radius 3 is 2.39 bits per heavy atom. The maximum Gasteiger partial charge on any atom is 0.0240 e. The second-order valence-corrected chi connectivity index (χ2v) is 5.28. The van der Waals surface area contributed by atoms with E-state index in [1.807, 2.05) is 0 Å². The van der Waals surface area contributed by atoms with Crippen LogP contribution in [-0.4, -0.2) is 24.0 Å². The zero-order chi connectivity index (χ0) is 12.8. The molecule has 1 aromatic rings. The lowest BCUT2D eigenvalue weighted by Gasteiger charge is -2.19. The van der Waals surface area contributed by atoms with E-state index >= 15 is 0 Å². The van der Waals surface area contributed by atoms with Gasteiger partial charge in [-0.15, -0.1) is 0 Å². The molecule has 0 fully saturated rings. The molecule has 1 aliphatic rings. The van der Waals surface area contributed by atoms with Crippen LogP contribution in [0.1, 0.15) is 44.2 Å². The van der Waals surface area contributed by atoms with Crippen LogP contribution in [0.3, 0.4) is 0 Å². The number of nitrogens with zero attached hydrogens (tertiary/aromatic N) is 1. The van der Waals surface area contributed by atoms with Gasteiger partial charge in [-0.25, -0.2) is 0 Å². The van der Waals surface area contributed by atoms with Crippen LogP contribution in [0.25, 0.3) is 0 Å². The molecule has 2 nitrogen and oxygen atoms in total. The van der Waals surface area contributed by atoms with Gasteiger partial charge in [0.25, 0.3) is 0 Å². The first-order valence-corrected chi connectivity index (χ1v) is 7.36. The predicted octanol–water partition coefficient (Wildman–Crippen LogP) is 3.17. The molecule has 0 saturated carbocycles. The van der Waals surface area contributed by atoms with Crippen molar-refractivity contribution in [2.75, 3.05) is 13.1 Å². The van der Waals surface area contributed by atoms with Crippen LogP contribution >= 0.6 is 0 Å². The first kappa shape index (κ1) is 13.6. The first-order chi connectivity index (χ1) is 8.83. The van der Waals surface area contributed by atoms with Gasteiger partial charge in [0.2, 0.25) is 0 Å². The van der Waals surface area contributed by atoms with Gasteiger partial charge in [-0.05, 0) is 43.5 Å². The van der Waals surface area contributed by atoms with Crippen LogP contribution in [0.15, 0.2) is 24.3 Å². The summed E-state index contributed by atoms with van der Waals surface area (Å²) in [6.45, 7) is 9.09. The molecule has 1 aliphatic heterocycles. The van der Waals surface area contributed by atoms with Crippen LogP contribution in [0.2, 0.25) is 0 Å². The highest BCUT2D eigenvalue weighted by Gasteiger charge is 2.17. The number of rotatable bonds is 7. The molecule has 1 heterocycles. The summed E-state index contributed by atoms with van der Waals surface area (Å²) in [7, 11) is 0. The highest BCUT2D eigenvalue weighted by atomic mass is 15.1. The number of hydrogen-bond donors (Lipinski definition) is 1. The second kappa shape index (κ2) is 6.91. The van der Waals surface area contributed by atoms with Gasteiger partial charge < -0.3 is 5.32 Å². The van der Waals surface area contributed by atoms with E-state index in [0.29, 0.717) is 6.04 Å². The minimum Gasteiger partial charge on any atom is -0.314 e. The molecule has 18 heavy (non-hydrogen) atoms. The normalized spacial score (nSPS) is 16.8. The highest BCUT2D eigenvalue weighted by Crippen LogP contribution is 2.22. The molecule has 100 valence electrons. The van der Waals surface area contributed by atoms with E-state index in [2.05, 4.69) is 48.3 Å². The van der Waals surface area contributed by atoms with E-state index in [4.69, 9.17) is 0 Å². The molecule has 0 aromatic heterocycles. The van der Waals surface area contributed by atoms with Crippen molar-refractivity contribution >= 4 is 0 Å². The summed E-state index contributed by atoms with van der Waals surface area (Å²) in [5.41, 5.74) is 3.05. The first-order valence-electron chi connectivity index (χ1n) is 7.36. The van der Waals surface area contributed by atoms with Crippen LogP contribution in [0, 0.1) is 0 Å². The van der Waals surface area contributed by atoms with Gasteiger partial charge >= 0.3 is 0 Å². The van der Waals surface area contributed by atoms with Crippen LogP contribution in [0.5, 0.6) is 0 Å². The summed E-state index contributed by atoms with van der Waals surface area (Å²) in [5, 5.41) is 3.56. The van der Waals surface area contributed by atoms with E-state index in [-0.39, 0.29) is 0 Å². The molecular formula is C16H26N2. The summed E-state index contributed by atoms with van der Waals surface area (Å²) < 4.78 is 0. The van der Waals surface area contributed by atoms with Crippen molar-refractivity contribution < 1.29 is 0 Å². The molecule has 2 heteroatoms. The van der Waals surface area contributed by atoms with E-state index < -0.39 is 0 Å². The Balaban J connectivity index is 1.70. The summed E-state index contributed by atoms with van der Waals surface area (Å²) in [4.78, 5) is 2.57. The summed E-state index contributed by atoms with van der Waals surface area (Å²) >= 11 is 0. The SMILES string of the molecule is CCNC(CC)CCCN1Cc2ccccc2C1. The molecule has 1 unspecified atom stereocenters. The molecule has 1 atom stereocenters. The van der Waals surface area contributed by atoms with E-state index in [1.165, 1.54) is 36.9 Å². The molecule has 1 aromatic carbocycles. The van der Waals surface area contributed by atoms with Gasteiger partial charge in [-0.1, -0.05) is 38.1 Å². The third kappa shape index (κ3) is 3.56. The van der Waals surface area contributed by atoms with E-state index in [1.54, 1.807) is 0 Å². The van der Waals surface area contributed by atoms with Crippen molar-refractivity contribution in [2.24, 2.45) is 0 Å². The third-order valence-corrected chi connectivity index (χ3v) is 3.92. The van der Waals surface area contributed by atoms with Gasteiger partial charge in [0.15, 0.2) is 0 Å². The number of nitrogens with one attached hydrogen (secondary N) is 1. The highest BCUT2D eigenvalue weighted by molar-refractivity contribution is 5.30. The van der Waals surface area contributed by atoms with Crippen molar-refractivity contribution in [2.45, 2.75) is 52.2 Å². The molecule has 1 N–H and O–H groups in total. The molecule has 0 spiro atoms. The van der Waals surface area contributed by atoms with Crippen molar-refractivity contribution in [3.05, 3.63) is 35.4 Å². The number of benzene rings is 1. The lowest BCUT2D eigenvalue weighted by atomic mass is 10.1. The van der Waals surface area contributed by atoms with Crippen molar-refractivity contribution in [3.63, 3.8) is 0 Å². The minimum absolute atomic E-state index is 0.708. The molecule has 0 bridgehead atoms. The standard InChI is InChI=1S/C16H26N2/c1-3-16(17-4-2)10-7-11-18-12-14-8-5-6-9-15(14)13-18/h5-6,8-9,16-17H,3-4,7,10-13H2,1-2H3. The molecule has 0 amide bonds. The molecule has 2 rings (SSSR count). The lowest BCUT2D eigenvalue weighted by Crippen LogP contribution is -2.29. The number of hydrogen-bond acceptors (Lipinski definition) is 2. The molecule has 0 aliphatic carbocycles. The largest absolute Gasteiger partial charge is 0.314 e. The quantitative estimate of drug-likeness (QED) is 0.795. The van der Waals surface area contributed by atoms with Gasteiger partial charge in [0.1, 0.15) is 0 Å². The maximum atomic E-state index is 3.56. The van der Waals surface area contributed by atoms with Gasteiger partial charge in [-0.2, -0.15) is 0 Å². The van der Waals surface area contributed by atoms with Gasteiger partial charge in [0.05, 0.1) is 0 Å². The second-order valence-electron chi connectivity index (χ2n) is 5.28. The Bertz CT molecular complexity index is 337. The predicted molar refractivity (Wildman–Crippen MR) is 77.5 cm³/mol. The monoisotopic (exact) mass is 246 g/mol. The van der Waals surface area contributed by atoms with Crippen LogP contribution in [-0.2, 0) is 13.1 Å². The van der Waals surface area contributed by atoms with Gasteiger partial charge in [0, 0.05) is 19.1 Å². The average molecular weight is 246 g/mol. The molecule has 0 radical (unpaired) electrons. The average Bonchev–Trinajstić information content (AvgIpc) is 2.80. The summed E-state index contributed by atoms with van der Waals surface area (Å²) in [6, 6.07) is 9.55. The fourth-order valence-corrected chi connectivity index (χ4v) is 2.86. The zero-order valence-electron chi connectivity index (χ0n) is 11.8. The Labute approximate surface area is 111 Å². The van der Waals surface area contributed by atoms with Crippen molar-refractivity contribution in [3.8, 4) is 0 Å². The maximum absolute atomic E-state index is 3.56. The summed E-state index contributed by atoms with van der Waals surface area (Å²) in [6.07, 6.45) is 3.85. The summed E-state index contributed by atoms with van der Waals surface area (Å²) in [5.74, 6) is 0. The Hall–Kier alpha value is -0.860. The topological polar surface area (TPSA) is 15.3 Å². The van der Waals surface area contributed by atoms with Gasteiger partial charge in [-0.3, -0.25) is 4.90 Å². The fraction of sp³-hybridized carbons (Fsp3) is 0.625. The molecular weight excluding hydrogens is 220 g/mol. The molecule has 0 saturated heterocycles. The van der Waals surface area contributed by atoms with Crippen LogP contribution < -0.4 is 5.32 Å². The van der Waals surface area contributed by atoms with Crippen LogP contribution in [0.4, 0.5) is 0 Å². The minimum atomic E-state index is 0.708. The lowest BCUT2D eigenvalue weighted by molar-refractivity contribution is 0.270.